The quantitative estimate of drug-likeness (QED) is 0.870. The van der Waals surface area contributed by atoms with Crippen LogP contribution in [0, 0.1) is 0 Å². The van der Waals surface area contributed by atoms with Crippen molar-refractivity contribution in [3.63, 3.8) is 0 Å². The molecule has 1 atom stereocenters. The number of nitrogens with zero attached hydrogens (tertiary/aromatic N) is 2. The normalized spacial score (nSPS) is 21.6. The molecule has 0 spiro atoms. The van der Waals surface area contributed by atoms with Crippen LogP contribution in [-0.2, 0) is 6.54 Å². The Labute approximate surface area is 103 Å². The van der Waals surface area contributed by atoms with Gasteiger partial charge in [-0.15, -0.1) is 0 Å². The van der Waals surface area contributed by atoms with Gasteiger partial charge in [0.05, 0.1) is 11.9 Å². The van der Waals surface area contributed by atoms with E-state index < -0.39 is 0 Å². The predicted octanol–water partition coefficient (Wildman–Crippen LogP) is 2.94. The number of rotatable bonds is 4. The van der Waals surface area contributed by atoms with E-state index in [1.165, 1.54) is 44.8 Å². The second-order valence-corrected chi connectivity index (χ2v) is 4.92. The second kappa shape index (κ2) is 6.01. The number of pyridine rings is 1. The first-order valence-electron chi connectivity index (χ1n) is 6.67. The Morgan fingerprint density at radius 2 is 2.29 bits per heavy atom. The minimum absolute atomic E-state index is 0.248. The summed E-state index contributed by atoms with van der Waals surface area (Å²) in [4.78, 5) is 6.82. The number of hydrogen-bond acceptors (Lipinski definition) is 3. The molecule has 1 unspecified atom stereocenters. The molecule has 1 N–H and O–H groups in total. The van der Waals surface area contributed by atoms with E-state index in [2.05, 4.69) is 16.8 Å². The van der Waals surface area contributed by atoms with Crippen LogP contribution < -0.4 is 0 Å². The van der Waals surface area contributed by atoms with E-state index in [-0.39, 0.29) is 5.75 Å². The number of likely N-dealkylation sites (tertiary alicyclic amines) is 1. The molecular formula is C14H22N2O. The van der Waals surface area contributed by atoms with E-state index in [9.17, 15) is 5.11 Å². The van der Waals surface area contributed by atoms with Gasteiger partial charge in [0.15, 0.2) is 0 Å². The summed E-state index contributed by atoms with van der Waals surface area (Å²) in [5, 5.41) is 9.22. The maximum atomic E-state index is 9.22. The van der Waals surface area contributed by atoms with E-state index >= 15 is 0 Å². The Bertz CT molecular complexity index is 335. The Hall–Kier alpha value is -1.09. The summed E-state index contributed by atoms with van der Waals surface area (Å²) < 4.78 is 0. The maximum Gasteiger partial charge on any atom is 0.133 e. The van der Waals surface area contributed by atoms with Gasteiger partial charge in [-0.3, -0.25) is 9.88 Å². The highest BCUT2D eigenvalue weighted by molar-refractivity contribution is 5.17. The fourth-order valence-corrected chi connectivity index (χ4v) is 2.65. The first-order valence-corrected chi connectivity index (χ1v) is 6.67. The van der Waals surface area contributed by atoms with Crippen LogP contribution in [0.4, 0.5) is 0 Å². The third-order valence-corrected chi connectivity index (χ3v) is 3.55. The predicted molar refractivity (Wildman–Crippen MR) is 68.9 cm³/mol. The van der Waals surface area contributed by atoms with Crippen molar-refractivity contribution < 1.29 is 5.11 Å². The van der Waals surface area contributed by atoms with E-state index in [0.29, 0.717) is 0 Å². The molecule has 0 aromatic carbocycles. The fourth-order valence-electron chi connectivity index (χ4n) is 2.65. The van der Waals surface area contributed by atoms with Crippen LogP contribution in [0.25, 0.3) is 0 Å². The Kier molecular flexibility index (Phi) is 4.37. The van der Waals surface area contributed by atoms with Gasteiger partial charge in [0.25, 0.3) is 0 Å². The first-order chi connectivity index (χ1) is 8.29. The third-order valence-electron chi connectivity index (χ3n) is 3.55. The Morgan fingerprint density at radius 3 is 3.00 bits per heavy atom. The lowest BCUT2D eigenvalue weighted by molar-refractivity contribution is 0.130. The standard InChI is InChI=1S/C14H22N2O/c1-2-5-13-6-3-4-9-16(13)11-12-7-8-14(17)10-15-12/h7-8,10,13,17H,2-6,9,11H2,1H3. The van der Waals surface area contributed by atoms with Gasteiger partial charge in [-0.05, 0) is 37.9 Å². The average molecular weight is 234 g/mol. The summed E-state index contributed by atoms with van der Waals surface area (Å²) >= 11 is 0. The monoisotopic (exact) mass is 234 g/mol. The molecule has 0 bridgehead atoms. The van der Waals surface area contributed by atoms with Gasteiger partial charge < -0.3 is 5.11 Å². The highest BCUT2D eigenvalue weighted by Gasteiger charge is 2.21. The van der Waals surface area contributed by atoms with Gasteiger partial charge in [0.2, 0.25) is 0 Å². The molecule has 0 saturated carbocycles. The molecule has 3 heteroatoms. The van der Waals surface area contributed by atoms with Crippen LogP contribution in [0.2, 0.25) is 0 Å². The van der Waals surface area contributed by atoms with Crippen LogP contribution in [-0.4, -0.2) is 27.6 Å². The molecule has 1 aliphatic rings. The third kappa shape index (κ3) is 3.43. The van der Waals surface area contributed by atoms with Crippen molar-refractivity contribution in [1.82, 2.24) is 9.88 Å². The zero-order valence-corrected chi connectivity index (χ0v) is 10.6. The molecule has 2 heterocycles. The molecule has 1 aromatic heterocycles. The van der Waals surface area contributed by atoms with Crippen LogP contribution in [0.1, 0.15) is 44.7 Å². The van der Waals surface area contributed by atoms with Crippen LogP contribution in [0.15, 0.2) is 18.3 Å². The SMILES string of the molecule is CCCC1CCCCN1Cc1ccc(O)cn1. The van der Waals surface area contributed by atoms with Crippen LogP contribution >= 0.6 is 0 Å². The largest absolute Gasteiger partial charge is 0.506 e. The lowest BCUT2D eigenvalue weighted by Crippen LogP contribution is -2.38. The molecule has 1 saturated heterocycles. The fraction of sp³-hybridized carbons (Fsp3) is 0.643. The molecule has 1 aromatic rings. The topological polar surface area (TPSA) is 36.4 Å². The molecule has 0 aliphatic carbocycles. The van der Waals surface area contributed by atoms with Crippen molar-refractivity contribution in [3.8, 4) is 5.75 Å². The number of aromatic hydroxyl groups is 1. The zero-order valence-electron chi connectivity index (χ0n) is 10.6. The molecule has 17 heavy (non-hydrogen) atoms. The van der Waals surface area contributed by atoms with Crippen molar-refractivity contribution >= 4 is 0 Å². The molecule has 0 amide bonds. The van der Waals surface area contributed by atoms with Gasteiger partial charge >= 0.3 is 0 Å². The Balaban J connectivity index is 1.97. The van der Waals surface area contributed by atoms with Gasteiger partial charge in [-0.2, -0.15) is 0 Å². The van der Waals surface area contributed by atoms with Gasteiger partial charge in [0, 0.05) is 12.6 Å². The van der Waals surface area contributed by atoms with Crippen molar-refractivity contribution in [2.24, 2.45) is 0 Å². The highest BCUT2D eigenvalue weighted by atomic mass is 16.3. The number of hydrogen-bond donors (Lipinski definition) is 1. The van der Waals surface area contributed by atoms with E-state index in [0.717, 1.165) is 18.3 Å². The molecule has 94 valence electrons. The van der Waals surface area contributed by atoms with E-state index in [1.807, 2.05) is 6.07 Å². The lowest BCUT2D eigenvalue weighted by atomic mass is 9.98. The van der Waals surface area contributed by atoms with Crippen molar-refractivity contribution in [1.29, 1.82) is 0 Å². The van der Waals surface area contributed by atoms with Gasteiger partial charge in [0.1, 0.15) is 5.75 Å². The zero-order chi connectivity index (χ0) is 12.1. The Morgan fingerprint density at radius 1 is 1.41 bits per heavy atom. The van der Waals surface area contributed by atoms with Crippen molar-refractivity contribution in [2.75, 3.05) is 6.54 Å². The summed E-state index contributed by atoms with van der Waals surface area (Å²) in [6.45, 7) is 4.36. The molecule has 2 rings (SSSR count). The minimum Gasteiger partial charge on any atom is -0.506 e. The van der Waals surface area contributed by atoms with Gasteiger partial charge in [-0.25, -0.2) is 0 Å². The maximum absolute atomic E-state index is 9.22. The second-order valence-electron chi connectivity index (χ2n) is 4.92. The van der Waals surface area contributed by atoms with Gasteiger partial charge in [-0.1, -0.05) is 19.8 Å². The van der Waals surface area contributed by atoms with E-state index in [1.54, 1.807) is 6.07 Å². The average Bonchev–Trinajstić information content (AvgIpc) is 2.35. The van der Waals surface area contributed by atoms with Crippen LogP contribution in [0.5, 0.6) is 5.75 Å². The number of aromatic nitrogens is 1. The molecule has 3 nitrogen and oxygen atoms in total. The molecule has 1 fully saturated rings. The lowest BCUT2D eigenvalue weighted by Gasteiger charge is -2.35. The van der Waals surface area contributed by atoms with E-state index in [4.69, 9.17) is 0 Å². The molecule has 0 radical (unpaired) electrons. The number of piperidine rings is 1. The summed E-state index contributed by atoms with van der Waals surface area (Å²) in [7, 11) is 0. The minimum atomic E-state index is 0.248. The summed E-state index contributed by atoms with van der Waals surface area (Å²) in [5.41, 5.74) is 1.06. The summed E-state index contributed by atoms with van der Waals surface area (Å²) in [5.74, 6) is 0.248. The summed E-state index contributed by atoms with van der Waals surface area (Å²) in [6, 6.07) is 4.37. The highest BCUT2D eigenvalue weighted by Crippen LogP contribution is 2.22. The molecule has 1 aliphatic heterocycles. The first kappa shape index (κ1) is 12.4. The molecular weight excluding hydrogens is 212 g/mol. The van der Waals surface area contributed by atoms with Crippen molar-refractivity contribution in [3.05, 3.63) is 24.0 Å². The van der Waals surface area contributed by atoms with Crippen LogP contribution in [0.3, 0.4) is 0 Å². The summed E-state index contributed by atoms with van der Waals surface area (Å²) in [6.07, 6.45) is 8.07. The smallest absolute Gasteiger partial charge is 0.133 e. The van der Waals surface area contributed by atoms with Crippen molar-refractivity contribution in [2.45, 2.75) is 51.6 Å².